The number of aryl methyl sites for hydroxylation is 4. The zero-order valence-corrected chi connectivity index (χ0v) is 19.8. The Kier molecular flexibility index (Phi) is 6.26. The summed E-state index contributed by atoms with van der Waals surface area (Å²) in [5.41, 5.74) is 5.29. The Labute approximate surface area is 196 Å². The SMILES string of the molecule is Cc1ccc(Oc2ccc(C(C)(O)c3ccc(Oc4ccc(C)c(C)c4)cc3)cc2)cc1C. The second kappa shape index (κ2) is 9.13. The van der Waals surface area contributed by atoms with Crippen molar-refractivity contribution in [3.05, 3.63) is 118 Å². The molecular formula is C30H30O3. The van der Waals surface area contributed by atoms with E-state index in [2.05, 4.69) is 39.8 Å². The van der Waals surface area contributed by atoms with Gasteiger partial charge in [0, 0.05) is 0 Å². The van der Waals surface area contributed by atoms with Crippen molar-refractivity contribution in [3.63, 3.8) is 0 Å². The summed E-state index contributed by atoms with van der Waals surface area (Å²) >= 11 is 0. The highest BCUT2D eigenvalue weighted by atomic mass is 16.5. The summed E-state index contributed by atoms with van der Waals surface area (Å²) in [5.74, 6) is 3.07. The molecule has 3 nitrogen and oxygen atoms in total. The van der Waals surface area contributed by atoms with E-state index in [0.29, 0.717) is 0 Å². The first kappa shape index (κ1) is 22.6. The molecule has 0 aliphatic heterocycles. The first-order valence-corrected chi connectivity index (χ1v) is 11.2. The Morgan fingerprint density at radius 3 is 1.15 bits per heavy atom. The molecule has 168 valence electrons. The lowest BCUT2D eigenvalue weighted by atomic mass is 9.88. The van der Waals surface area contributed by atoms with Gasteiger partial charge >= 0.3 is 0 Å². The van der Waals surface area contributed by atoms with Gasteiger partial charge in [-0.05, 0) is 117 Å². The van der Waals surface area contributed by atoms with Gasteiger partial charge in [-0.3, -0.25) is 0 Å². The molecular weight excluding hydrogens is 408 g/mol. The van der Waals surface area contributed by atoms with Crippen LogP contribution in [0.15, 0.2) is 84.9 Å². The van der Waals surface area contributed by atoms with E-state index in [9.17, 15) is 5.11 Å². The molecule has 4 aromatic carbocycles. The fourth-order valence-electron chi connectivity index (χ4n) is 3.69. The van der Waals surface area contributed by atoms with Crippen molar-refractivity contribution in [2.75, 3.05) is 0 Å². The first-order valence-electron chi connectivity index (χ1n) is 11.2. The molecule has 0 aliphatic rings. The van der Waals surface area contributed by atoms with Gasteiger partial charge in [-0.2, -0.15) is 0 Å². The third-order valence-electron chi connectivity index (χ3n) is 6.26. The van der Waals surface area contributed by atoms with E-state index in [-0.39, 0.29) is 0 Å². The van der Waals surface area contributed by atoms with Crippen molar-refractivity contribution in [2.45, 2.75) is 40.2 Å². The Balaban J connectivity index is 1.47. The van der Waals surface area contributed by atoms with E-state index >= 15 is 0 Å². The number of aliphatic hydroxyl groups is 1. The highest BCUT2D eigenvalue weighted by Gasteiger charge is 2.25. The lowest BCUT2D eigenvalue weighted by molar-refractivity contribution is 0.102. The standard InChI is InChI=1S/C30H30O3/c1-20-6-12-28(18-22(20)3)32-26-14-8-24(9-15-26)30(5,31)25-10-16-27(17-11-25)33-29-13-7-21(2)23(4)19-29/h6-19,31H,1-5H3. The molecule has 0 spiro atoms. The van der Waals surface area contributed by atoms with Crippen LogP contribution in [-0.2, 0) is 5.60 Å². The summed E-state index contributed by atoms with van der Waals surface area (Å²) in [7, 11) is 0. The molecule has 0 amide bonds. The van der Waals surface area contributed by atoms with E-state index in [1.165, 1.54) is 22.3 Å². The maximum Gasteiger partial charge on any atom is 0.127 e. The maximum absolute atomic E-state index is 11.3. The van der Waals surface area contributed by atoms with Crippen LogP contribution in [0.1, 0.15) is 40.3 Å². The molecule has 4 aromatic rings. The number of ether oxygens (including phenoxy) is 2. The second-order valence-electron chi connectivity index (χ2n) is 8.82. The molecule has 0 atom stereocenters. The fourth-order valence-corrected chi connectivity index (χ4v) is 3.69. The largest absolute Gasteiger partial charge is 0.457 e. The monoisotopic (exact) mass is 438 g/mol. The minimum atomic E-state index is -1.14. The Hall–Kier alpha value is -3.56. The number of hydrogen-bond acceptors (Lipinski definition) is 3. The van der Waals surface area contributed by atoms with Crippen molar-refractivity contribution in [3.8, 4) is 23.0 Å². The van der Waals surface area contributed by atoms with Gasteiger partial charge in [-0.25, -0.2) is 0 Å². The van der Waals surface area contributed by atoms with Gasteiger partial charge in [-0.15, -0.1) is 0 Å². The summed E-state index contributed by atoms with van der Waals surface area (Å²) < 4.78 is 12.0. The van der Waals surface area contributed by atoms with E-state index in [4.69, 9.17) is 9.47 Å². The topological polar surface area (TPSA) is 38.7 Å². The average Bonchev–Trinajstić information content (AvgIpc) is 2.80. The third kappa shape index (κ3) is 5.10. The minimum Gasteiger partial charge on any atom is -0.457 e. The summed E-state index contributed by atoms with van der Waals surface area (Å²) in [5, 5.41) is 11.3. The summed E-state index contributed by atoms with van der Waals surface area (Å²) in [6, 6.07) is 27.2. The van der Waals surface area contributed by atoms with Crippen LogP contribution in [0, 0.1) is 27.7 Å². The van der Waals surface area contributed by atoms with Gasteiger partial charge in [0.1, 0.15) is 28.6 Å². The first-order chi connectivity index (χ1) is 15.7. The molecule has 0 saturated carbocycles. The normalized spacial score (nSPS) is 11.3. The predicted molar refractivity (Wildman–Crippen MR) is 134 cm³/mol. The van der Waals surface area contributed by atoms with Gasteiger partial charge in [0.25, 0.3) is 0 Å². The van der Waals surface area contributed by atoms with E-state index < -0.39 is 5.60 Å². The number of rotatable bonds is 6. The predicted octanol–water partition coefficient (Wildman–Crippen LogP) is 7.76. The third-order valence-corrected chi connectivity index (χ3v) is 6.26. The van der Waals surface area contributed by atoms with Gasteiger partial charge in [0.2, 0.25) is 0 Å². The van der Waals surface area contributed by atoms with Crippen molar-refractivity contribution >= 4 is 0 Å². The minimum absolute atomic E-state index is 0.731. The summed E-state index contributed by atoms with van der Waals surface area (Å²) in [4.78, 5) is 0. The van der Waals surface area contributed by atoms with Crippen LogP contribution in [0.2, 0.25) is 0 Å². The highest BCUT2D eigenvalue weighted by molar-refractivity contribution is 5.43. The molecule has 4 rings (SSSR count). The Morgan fingerprint density at radius 2 is 0.818 bits per heavy atom. The molecule has 0 aliphatic carbocycles. The van der Waals surface area contributed by atoms with Crippen molar-refractivity contribution < 1.29 is 14.6 Å². The highest BCUT2D eigenvalue weighted by Crippen LogP contribution is 2.33. The van der Waals surface area contributed by atoms with Crippen LogP contribution in [0.5, 0.6) is 23.0 Å². The van der Waals surface area contributed by atoms with Crippen LogP contribution in [0.25, 0.3) is 0 Å². The van der Waals surface area contributed by atoms with Crippen LogP contribution in [-0.4, -0.2) is 5.11 Å². The fraction of sp³-hybridized carbons (Fsp3) is 0.200. The van der Waals surface area contributed by atoms with Crippen molar-refractivity contribution in [2.24, 2.45) is 0 Å². The van der Waals surface area contributed by atoms with E-state index in [1.807, 2.05) is 72.8 Å². The summed E-state index contributed by atoms with van der Waals surface area (Å²) in [6.45, 7) is 10.1. The smallest absolute Gasteiger partial charge is 0.127 e. The van der Waals surface area contributed by atoms with Crippen molar-refractivity contribution in [1.82, 2.24) is 0 Å². The summed E-state index contributed by atoms with van der Waals surface area (Å²) in [6.07, 6.45) is 0. The zero-order chi connectivity index (χ0) is 23.6. The second-order valence-corrected chi connectivity index (χ2v) is 8.82. The molecule has 0 radical (unpaired) electrons. The van der Waals surface area contributed by atoms with Crippen LogP contribution >= 0.6 is 0 Å². The maximum atomic E-state index is 11.3. The van der Waals surface area contributed by atoms with Gasteiger partial charge in [0.05, 0.1) is 0 Å². The quantitative estimate of drug-likeness (QED) is 0.334. The van der Waals surface area contributed by atoms with Crippen LogP contribution in [0.4, 0.5) is 0 Å². The molecule has 0 aromatic heterocycles. The van der Waals surface area contributed by atoms with Crippen LogP contribution < -0.4 is 9.47 Å². The lowest BCUT2D eigenvalue weighted by Gasteiger charge is -2.25. The lowest BCUT2D eigenvalue weighted by Crippen LogP contribution is -2.22. The molecule has 0 heterocycles. The zero-order valence-electron chi connectivity index (χ0n) is 19.8. The molecule has 1 N–H and O–H groups in total. The molecule has 0 fully saturated rings. The average molecular weight is 439 g/mol. The van der Waals surface area contributed by atoms with E-state index in [1.54, 1.807) is 6.92 Å². The molecule has 0 saturated heterocycles. The van der Waals surface area contributed by atoms with Crippen molar-refractivity contribution in [1.29, 1.82) is 0 Å². The number of benzene rings is 4. The van der Waals surface area contributed by atoms with Gasteiger partial charge in [0.15, 0.2) is 0 Å². The van der Waals surface area contributed by atoms with E-state index in [0.717, 1.165) is 34.1 Å². The Morgan fingerprint density at radius 1 is 0.485 bits per heavy atom. The van der Waals surface area contributed by atoms with Crippen LogP contribution in [0.3, 0.4) is 0 Å². The van der Waals surface area contributed by atoms with Gasteiger partial charge in [-0.1, -0.05) is 36.4 Å². The molecule has 0 bridgehead atoms. The molecule has 3 heteroatoms. The van der Waals surface area contributed by atoms with Gasteiger partial charge < -0.3 is 14.6 Å². The Bertz CT molecular complexity index is 1150. The number of hydrogen-bond donors (Lipinski definition) is 1. The molecule has 33 heavy (non-hydrogen) atoms. The molecule has 0 unspecified atom stereocenters.